The molecule has 0 N–H and O–H groups in total. The first-order valence-corrected chi connectivity index (χ1v) is 6.28. The number of aryl methyl sites for hydroxylation is 1. The molecule has 0 aliphatic heterocycles. The Morgan fingerprint density at radius 2 is 1.53 bits per heavy atom. The maximum absolute atomic E-state index is 5.50. The van der Waals surface area contributed by atoms with Crippen LogP contribution >= 0.6 is 0 Å². The van der Waals surface area contributed by atoms with Gasteiger partial charge in [-0.05, 0) is 46.8 Å². The number of ether oxygens (including phenoxy) is 2. The van der Waals surface area contributed by atoms with Crippen molar-refractivity contribution in [1.29, 1.82) is 0 Å². The Morgan fingerprint density at radius 1 is 0.789 bits per heavy atom. The van der Waals surface area contributed by atoms with Gasteiger partial charge in [-0.25, -0.2) is 0 Å². The van der Waals surface area contributed by atoms with Gasteiger partial charge in [0.1, 0.15) is 0 Å². The van der Waals surface area contributed by atoms with E-state index in [0.717, 1.165) is 16.9 Å². The van der Waals surface area contributed by atoms with E-state index in [9.17, 15) is 0 Å². The Kier molecular flexibility index (Phi) is 2.79. The van der Waals surface area contributed by atoms with Gasteiger partial charge in [-0.3, -0.25) is 0 Å². The molecule has 0 aliphatic rings. The van der Waals surface area contributed by atoms with Crippen molar-refractivity contribution < 1.29 is 9.47 Å². The molecule has 0 spiro atoms. The summed E-state index contributed by atoms with van der Waals surface area (Å²) in [4.78, 5) is 0. The van der Waals surface area contributed by atoms with Crippen molar-refractivity contribution >= 4 is 21.5 Å². The summed E-state index contributed by atoms with van der Waals surface area (Å²) >= 11 is 0. The molecule has 0 radical (unpaired) electrons. The van der Waals surface area contributed by atoms with Crippen LogP contribution in [0.3, 0.4) is 0 Å². The molecular formula is C17H16O2. The normalized spacial score (nSPS) is 10.9. The van der Waals surface area contributed by atoms with Crippen LogP contribution in [0.1, 0.15) is 5.56 Å². The second-order valence-corrected chi connectivity index (χ2v) is 4.67. The summed E-state index contributed by atoms with van der Waals surface area (Å²) in [5.74, 6) is 1.56. The van der Waals surface area contributed by atoms with E-state index in [1.165, 1.54) is 21.7 Å². The number of hydrogen-bond acceptors (Lipinski definition) is 2. The zero-order valence-corrected chi connectivity index (χ0v) is 11.4. The lowest BCUT2D eigenvalue weighted by Crippen LogP contribution is -1.91. The highest BCUT2D eigenvalue weighted by atomic mass is 16.5. The van der Waals surface area contributed by atoms with Crippen molar-refractivity contribution in [3.05, 3.63) is 48.0 Å². The van der Waals surface area contributed by atoms with Gasteiger partial charge in [0.25, 0.3) is 0 Å². The molecule has 2 heteroatoms. The fourth-order valence-corrected chi connectivity index (χ4v) is 2.58. The Morgan fingerprint density at radius 3 is 2.26 bits per heavy atom. The molecule has 96 valence electrons. The average molecular weight is 252 g/mol. The first-order valence-electron chi connectivity index (χ1n) is 6.28. The Bertz CT molecular complexity index is 760. The summed E-state index contributed by atoms with van der Waals surface area (Å²) in [6, 6.07) is 14.7. The predicted molar refractivity (Wildman–Crippen MR) is 79.3 cm³/mol. The minimum atomic E-state index is 0.766. The van der Waals surface area contributed by atoms with Crippen LogP contribution in [0.15, 0.2) is 42.5 Å². The van der Waals surface area contributed by atoms with Crippen molar-refractivity contribution in [2.75, 3.05) is 14.2 Å². The summed E-state index contributed by atoms with van der Waals surface area (Å²) < 4.78 is 10.9. The van der Waals surface area contributed by atoms with Gasteiger partial charge in [0, 0.05) is 5.39 Å². The molecule has 2 nitrogen and oxygen atoms in total. The molecular weight excluding hydrogens is 236 g/mol. The highest BCUT2D eigenvalue weighted by molar-refractivity contribution is 6.02. The van der Waals surface area contributed by atoms with Gasteiger partial charge in [0.05, 0.1) is 14.2 Å². The van der Waals surface area contributed by atoms with Gasteiger partial charge in [0.15, 0.2) is 11.5 Å². The summed E-state index contributed by atoms with van der Waals surface area (Å²) in [6.07, 6.45) is 0. The zero-order valence-electron chi connectivity index (χ0n) is 11.4. The highest BCUT2D eigenvalue weighted by Crippen LogP contribution is 2.37. The lowest BCUT2D eigenvalue weighted by atomic mass is 9.99. The summed E-state index contributed by atoms with van der Waals surface area (Å²) in [6.45, 7) is 2.13. The number of hydrogen-bond donors (Lipinski definition) is 0. The van der Waals surface area contributed by atoms with Gasteiger partial charge in [-0.1, -0.05) is 24.3 Å². The van der Waals surface area contributed by atoms with E-state index in [0.29, 0.717) is 0 Å². The SMILES string of the molecule is COc1ccc2cc3c(C)cccc3cc2c1OC. The molecule has 0 bridgehead atoms. The van der Waals surface area contributed by atoms with Crippen molar-refractivity contribution in [2.45, 2.75) is 6.92 Å². The van der Waals surface area contributed by atoms with Crippen LogP contribution in [0.4, 0.5) is 0 Å². The van der Waals surface area contributed by atoms with Crippen molar-refractivity contribution in [1.82, 2.24) is 0 Å². The third-order valence-corrected chi connectivity index (χ3v) is 3.58. The Hall–Kier alpha value is -2.22. The van der Waals surface area contributed by atoms with Crippen LogP contribution in [0, 0.1) is 6.92 Å². The van der Waals surface area contributed by atoms with Crippen LogP contribution in [0.2, 0.25) is 0 Å². The van der Waals surface area contributed by atoms with Crippen LogP contribution in [0.25, 0.3) is 21.5 Å². The minimum absolute atomic E-state index is 0.766. The van der Waals surface area contributed by atoms with Crippen LogP contribution < -0.4 is 9.47 Å². The number of benzene rings is 3. The number of rotatable bonds is 2. The van der Waals surface area contributed by atoms with E-state index in [1.807, 2.05) is 6.07 Å². The second kappa shape index (κ2) is 4.47. The molecule has 0 amide bonds. The maximum atomic E-state index is 5.50. The topological polar surface area (TPSA) is 18.5 Å². The van der Waals surface area contributed by atoms with Gasteiger partial charge in [-0.2, -0.15) is 0 Å². The third kappa shape index (κ3) is 1.80. The largest absolute Gasteiger partial charge is 0.493 e. The lowest BCUT2D eigenvalue weighted by molar-refractivity contribution is 0.358. The predicted octanol–water partition coefficient (Wildman–Crippen LogP) is 4.32. The monoisotopic (exact) mass is 252 g/mol. The van der Waals surface area contributed by atoms with E-state index < -0.39 is 0 Å². The maximum Gasteiger partial charge on any atom is 0.168 e. The average Bonchev–Trinajstić information content (AvgIpc) is 2.44. The van der Waals surface area contributed by atoms with Gasteiger partial charge in [-0.15, -0.1) is 0 Å². The standard InChI is InChI=1S/C17H16O2/c1-11-5-4-6-12-10-15-13(9-14(11)12)7-8-16(18-2)17(15)19-3/h4-10H,1-3H3. The van der Waals surface area contributed by atoms with E-state index >= 15 is 0 Å². The molecule has 19 heavy (non-hydrogen) atoms. The summed E-state index contributed by atoms with van der Waals surface area (Å²) in [5.41, 5.74) is 1.29. The molecule has 0 atom stereocenters. The summed E-state index contributed by atoms with van der Waals surface area (Å²) in [5, 5.41) is 4.75. The van der Waals surface area contributed by atoms with E-state index in [1.54, 1.807) is 14.2 Å². The third-order valence-electron chi connectivity index (χ3n) is 3.58. The van der Waals surface area contributed by atoms with Crippen molar-refractivity contribution in [3.8, 4) is 11.5 Å². The first-order chi connectivity index (χ1) is 9.24. The quantitative estimate of drug-likeness (QED) is 0.632. The molecule has 0 heterocycles. The van der Waals surface area contributed by atoms with Crippen LogP contribution in [0.5, 0.6) is 11.5 Å². The molecule has 3 aromatic rings. The molecule has 0 aromatic heterocycles. The Labute approximate surface area is 112 Å². The fraction of sp³-hybridized carbons (Fsp3) is 0.176. The minimum Gasteiger partial charge on any atom is -0.493 e. The molecule has 0 saturated carbocycles. The van der Waals surface area contributed by atoms with Crippen LogP contribution in [-0.2, 0) is 0 Å². The molecule has 0 fully saturated rings. The smallest absolute Gasteiger partial charge is 0.168 e. The van der Waals surface area contributed by atoms with E-state index in [2.05, 4.69) is 43.3 Å². The number of methoxy groups -OCH3 is 2. The molecule has 3 aromatic carbocycles. The van der Waals surface area contributed by atoms with E-state index in [4.69, 9.17) is 9.47 Å². The van der Waals surface area contributed by atoms with E-state index in [-0.39, 0.29) is 0 Å². The lowest BCUT2D eigenvalue weighted by Gasteiger charge is -2.12. The van der Waals surface area contributed by atoms with Crippen molar-refractivity contribution in [3.63, 3.8) is 0 Å². The number of fused-ring (bicyclic) bond motifs is 2. The second-order valence-electron chi connectivity index (χ2n) is 4.67. The highest BCUT2D eigenvalue weighted by Gasteiger charge is 2.10. The Balaban J connectivity index is 2.44. The molecule has 3 rings (SSSR count). The fourth-order valence-electron chi connectivity index (χ4n) is 2.58. The van der Waals surface area contributed by atoms with Crippen LogP contribution in [-0.4, -0.2) is 14.2 Å². The van der Waals surface area contributed by atoms with Crippen molar-refractivity contribution in [2.24, 2.45) is 0 Å². The molecule has 0 saturated heterocycles. The van der Waals surface area contributed by atoms with Gasteiger partial charge in [0.2, 0.25) is 0 Å². The molecule has 0 unspecified atom stereocenters. The molecule has 0 aliphatic carbocycles. The summed E-state index contributed by atoms with van der Waals surface area (Å²) in [7, 11) is 3.34. The first kappa shape index (κ1) is 11.8. The van der Waals surface area contributed by atoms with Gasteiger partial charge >= 0.3 is 0 Å². The zero-order chi connectivity index (χ0) is 13.4. The van der Waals surface area contributed by atoms with Gasteiger partial charge < -0.3 is 9.47 Å².